The largest absolute Gasteiger partial charge is 0.322 e. The number of pyridine rings is 1. The van der Waals surface area contributed by atoms with Crippen LogP contribution in [0.15, 0.2) is 96.2 Å². The topological polar surface area (TPSA) is 88.2 Å². The van der Waals surface area contributed by atoms with Gasteiger partial charge in [-0.1, -0.05) is 35.9 Å². The molecule has 3 aromatic carbocycles. The Morgan fingerprint density at radius 3 is 2.15 bits per heavy atom. The lowest BCUT2D eigenvalue weighted by Crippen LogP contribution is -2.16. The minimum absolute atomic E-state index is 0.166. The summed E-state index contributed by atoms with van der Waals surface area (Å²) in [4.78, 5) is 17.0. The summed E-state index contributed by atoms with van der Waals surface area (Å²) in [6, 6.07) is 23.1. The first-order chi connectivity index (χ1) is 16.3. The first kappa shape index (κ1) is 23.2. The van der Waals surface area contributed by atoms with Crippen molar-refractivity contribution in [3.8, 4) is 0 Å². The summed E-state index contributed by atoms with van der Waals surface area (Å²) in [5.41, 5.74) is 5.34. The molecule has 1 aromatic heterocycles. The number of carbonyl (C=O) groups excluding carboxylic acids is 1. The number of nitrogens with one attached hydrogen (secondary N) is 2. The zero-order valence-electron chi connectivity index (χ0n) is 18.9. The third-order valence-corrected chi connectivity index (χ3v) is 6.83. The highest BCUT2D eigenvalue weighted by atomic mass is 32.2. The number of hydrogen-bond acceptors (Lipinski definition) is 4. The van der Waals surface area contributed by atoms with Gasteiger partial charge in [-0.15, -0.1) is 0 Å². The zero-order valence-corrected chi connectivity index (χ0v) is 19.8. The summed E-state index contributed by atoms with van der Waals surface area (Å²) < 4.78 is 28.2. The fourth-order valence-corrected chi connectivity index (χ4v) is 4.56. The van der Waals surface area contributed by atoms with Gasteiger partial charge >= 0.3 is 0 Å². The van der Waals surface area contributed by atoms with Crippen LogP contribution in [0.2, 0.25) is 0 Å². The molecule has 34 heavy (non-hydrogen) atoms. The van der Waals surface area contributed by atoms with E-state index in [9.17, 15) is 13.2 Å². The Morgan fingerprint density at radius 2 is 1.47 bits per heavy atom. The SMILES string of the molecule is Cc1ccc(S(=O)(=O)Nc2cc(C(=O)Nc3ccc(Cc4ccncc4)cc3)ccc2C)cc1. The molecule has 0 radical (unpaired) electrons. The summed E-state index contributed by atoms with van der Waals surface area (Å²) in [5.74, 6) is -0.322. The Bertz CT molecular complexity index is 1400. The quantitative estimate of drug-likeness (QED) is 0.381. The molecule has 0 aliphatic carbocycles. The van der Waals surface area contributed by atoms with Crippen molar-refractivity contribution in [2.24, 2.45) is 0 Å². The second-order valence-corrected chi connectivity index (χ2v) is 9.81. The second kappa shape index (κ2) is 9.89. The molecule has 4 rings (SSSR count). The van der Waals surface area contributed by atoms with Crippen molar-refractivity contribution >= 4 is 27.3 Å². The number of carbonyl (C=O) groups is 1. The van der Waals surface area contributed by atoms with Crippen LogP contribution >= 0.6 is 0 Å². The number of aryl methyl sites for hydroxylation is 2. The summed E-state index contributed by atoms with van der Waals surface area (Å²) in [7, 11) is -3.77. The number of benzene rings is 3. The average molecular weight is 472 g/mol. The van der Waals surface area contributed by atoms with E-state index in [2.05, 4.69) is 15.0 Å². The van der Waals surface area contributed by atoms with Gasteiger partial charge in [0.05, 0.1) is 10.6 Å². The van der Waals surface area contributed by atoms with E-state index in [0.717, 1.165) is 23.1 Å². The Hall–Kier alpha value is -3.97. The van der Waals surface area contributed by atoms with E-state index in [4.69, 9.17) is 0 Å². The molecular weight excluding hydrogens is 446 g/mol. The molecule has 0 aliphatic rings. The smallest absolute Gasteiger partial charge is 0.261 e. The molecule has 0 bridgehead atoms. The number of nitrogens with zero attached hydrogens (tertiary/aromatic N) is 1. The molecule has 0 spiro atoms. The molecule has 172 valence electrons. The molecule has 0 saturated heterocycles. The van der Waals surface area contributed by atoms with Gasteiger partial charge in [-0.3, -0.25) is 14.5 Å². The van der Waals surface area contributed by atoms with E-state index in [1.165, 1.54) is 0 Å². The molecule has 6 nitrogen and oxygen atoms in total. The third-order valence-electron chi connectivity index (χ3n) is 5.44. The van der Waals surface area contributed by atoms with Crippen molar-refractivity contribution in [3.63, 3.8) is 0 Å². The van der Waals surface area contributed by atoms with E-state index >= 15 is 0 Å². The Balaban J connectivity index is 1.46. The lowest BCUT2D eigenvalue weighted by molar-refractivity contribution is 0.102. The standard InChI is InChI=1S/C27H25N3O3S/c1-19-3-11-25(12-4-19)34(32,33)30-26-18-23(8-5-20(26)2)27(31)29-24-9-6-21(7-10-24)17-22-13-15-28-16-14-22/h3-16,18,30H,17H2,1-2H3,(H,29,31). The minimum Gasteiger partial charge on any atom is -0.322 e. The summed E-state index contributed by atoms with van der Waals surface area (Å²) in [5, 5.41) is 2.87. The molecule has 1 amide bonds. The van der Waals surface area contributed by atoms with Gasteiger partial charge in [-0.05, 0) is 85.5 Å². The number of rotatable bonds is 7. The number of aromatic nitrogens is 1. The van der Waals surface area contributed by atoms with Gasteiger partial charge in [0.15, 0.2) is 0 Å². The normalized spacial score (nSPS) is 11.1. The van der Waals surface area contributed by atoms with Crippen LogP contribution in [0, 0.1) is 13.8 Å². The van der Waals surface area contributed by atoms with Crippen LogP contribution in [0.4, 0.5) is 11.4 Å². The average Bonchev–Trinajstić information content (AvgIpc) is 2.82. The van der Waals surface area contributed by atoms with E-state index in [1.54, 1.807) is 61.8 Å². The van der Waals surface area contributed by atoms with Crippen LogP contribution in [0.1, 0.15) is 32.6 Å². The maximum absolute atomic E-state index is 12.8. The molecule has 0 unspecified atom stereocenters. The maximum atomic E-state index is 12.8. The lowest BCUT2D eigenvalue weighted by Gasteiger charge is -2.13. The van der Waals surface area contributed by atoms with Crippen LogP contribution in [0.25, 0.3) is 0 Å². The summed E-state index contributed by atoms with van der Waals surface area (Å²) in [6.07, 6.45) is 4.31. The first-order valence-electron chi connectivity index (χ1n) is 10.8. The van der Waals surface area contributed by atoms with Crippen LogP contribution in [-0.4, -0.2) is 19.3 Å². The molecule has 1 heterocycles. The van der Waals surface area contributed by atoms with Crippen LogP contribution in [0.3, 0.4) is 0 Å². The minimum atomic E-state index is -3.77. The molecule has 0 saturated carbocycles. The molecule has 0 fully saturated rings. The van der Waals surface area contributed by atoms with Gasteiger partial charge < -0.3 is 5.32 Å². The van der Waals surface area contributed by atoms with Crippen LogP contribution in [0.5, 0.6) is 0 Å². The van der Waals surface area contributed by atoms with E-state index in [-0.39, 0.29) is 10.8 Å². The Labute approximate surface area is 199 Å². The van der Waals surface area contributed by atoms with Crippen LogP contribution in [-0.2, 0) is 16.4 Å². The highest BCUT2D eigenvalue weighted by Crippen LogP contribution is 2.22. The Morgan fingerprint density at radius 1 is 0.824 bits per heavy atom. The van der Waals surface area contributed by atoms with Gasteiger partial charge in [0.2, 0.25) is 0 Å². The van der Waals surface area contributed by atoms with Crippen molar-refractivity contribution < 1.29 is 13.2 Å². The number of anilines is 2. The van der Waals surface area contributed by atoms with Gasteiger partial charge in [0.1, 0.15) is 0 Å². The van der Waals surface area contributed by atoms with E-state index in [0.29, 0.717) is 22.5 Å². The first-order valence-corrected chi connectivity index (χ1v) is 12.3. The highest BCUT2D eigenvalue weighted by Gasteiger charge is 2.17. The Kier molecular flexibility index (Phi) is 6.75. The molecule has 7 heteroatoms. The van der Waals surface area contributed by atoms with Crippen LogP contribution < -0.4 is 10.0 Å². The lowest BCUT2D eigenvalue weighted by atomic mass is 10.1. The molecule has 4 aromatic rings. The third kappa shape index (κ3) is 5.68. The van der Waals surface area contributed by atoms with Crippen molar-refractivity contribution in [3.05, 3.63) is 119 Å². The van der Waals surface area contributed by atoms with Gasteiger partial charge in [0, 0.05) is 23.6 Å². The molecule has 0 aliphatic heterocycles. The highest BCUT2D eigenvalue weighted by molar-refractivity contribution is 7.92. The number of sulfonamides is 1. The van der Waals surface area contributed by atoms with E-state index in [1.807, 2.05) is 43.3 Å². The van der Waals surface area contributed by atoms with Gasteiger partial charge in [-0.25, -0.2) is 8.42 Å². The molecule has 2 N–H and O–H groups in total. The number of hydrogen-bond donors (Lipinski definition) is 2. The predicted molar refractivity (Wildman–Crippen MR) is 135 cm³/mol. The number of amides is 1. The van der Waals surface area contributed by atoms with E-state index < -0.39 is 10.0 Å². The molecule has 0 atom stereocenters. The summed E-state index contributed by atoms with van der Waals surface area (Å²) >= 11 is 0. The van der Waals surface area contributed by atoms with Gasteiger partial charge in [-0.2, -0.15) is 0 Å². The fraction of sp³-hybridized carbons (Fsp3) is 0.111. The predicted octanol–water partition coefficient (Wildman–Crippen LogP) is 5.34. The summed E-state index contributed by atoms with van der Waals surface area (Å²) in [6.45, 7) is 3.68. The maximum Gasteiger partial charge on any atom is 0.261 e. The zero-order chi connectivity index (χ0) is 24.1. The monoisotopic (exact) mass is 471 g/mol. The molecular formula is C27H25N3O3S. The fourth-order valence-electron chi connectivity index (χ4n) is 3.44. The van der Waals surface area contributed by atoms with Crippen molar-refractivity contribution in [1.29, 1.82) is 0 Å². The van der Waals surface area contributed by atoms with Gasteiger partial charge in [0.25, 0.3) is 15.9 Å². The van der Waals surface area contributed by atoms with Crippen molar-refractivity contribution in [2.75, 3.05) is 10.0 Å². The van der Waals surface area contributed by atoms with Crippen molar-refractivity contribution in [1.82, 2.24) is 4.98 Å². The van der Waals surface area contributed by atoms with Crippen molar-refractivity contribution in [2.45, 2.75) is 25.2 Å². The second-order valence-electron chi connectivity index (χ2n) is 8.13.